The minimum Gasteiger partial charge on any atom is -0.497 e. The van der Waals surface area contributed by atoms with Gasteiger partial charge in [0.05, 0.1) is 34.1 Å². The highest BCUT2D eigenvalue weighted by Gasteiger charge is 2.25. The van der Waals surface area contributed by atoms with E-state index >= 15 is 0 Å². The number of halogens is 1. The highest BCUT2D eigenvalue weighted by atomic mass is 35.5. The molecule has 0 fully saturated rings. The molecule has 0 heterocycles. The maximum absolute atomic E-state index is 12.7. The van der Waals surface area contributed by atoms with Crippen molar-refractivity contribution in [1.29, 1.82) is 0 Å². The SMILES string of the molecule is COc1ccc(N=NC(C(C)=O)C(=O)Nc2cc(OC)cc(OC)c2Cl)c(OC)c1. The Bertz CT molecular complexity index is 964. The fourth-order valence-corrected chi connectivity index (χ4v) is 2.67. The molecule has 0 bridgehead atoms. The molecule has 160 valence electrons. The number of Topliss-reactive ketones (excluding diaryl/α,β-unsaturated/α-hetero) is 1. The van der Waals surface area contributed by atoms with Gasteiger partial charge in [-0.2, -0.15) is 10.2 Å². The summed E-state index contributed by atoms with van der Waals surface area (Å²) in [4.78, 5) is 24.7. The third-order valence-electron chi connectivity index (χ3n) is 4.03. The van der Waals surface area contributed by atoms with Gasteiger partial charge in [0.25, 0.3) is 5.91 Å². The normalized spacial score (nSPS) is 11.7. The predicted molar refractivity (Wildman–Crippen MR) is 112 cm³/mol. The number of ketones is 1. The Kier molecular flexibility index (Phi) is 7.99. The van der Waals surface area contributed by atoms with Gasteiger partial charge in [-0.1, -0.05) is 11.6 Å². The minimum absolute atomic E-state index is 0.155. The van der Waals surface area contributed by atoms with Gasteiger partial charge >= 0.3 is 0 Å². The van der Waals surface area contributed by atoms with Crippen molar-refractivity contribution in [2.75, 3.05) is 33.8 Å². The largest absolute Gasteiger partial charge is 0.497 e. The number of benzene rings is 2. The molecule has 1 N–H and O–H groups in total. The average molecular weight is 436 g/mol. The highest BCUT2D eigenvalue weighted by molar-refractivity contribution is 6.35. The van der Waals surface area contributed by atoms with Crippen LogP contribution in [0.25, 0.3) is 0 Å². The Morgan fingerprint density at radius 1 is 0.933 bits per heavy atom. The lowest BCUT2D eigenvalue weighted by Crippen LogP contribution is -2.32. The molecule has 30 heavy (non-hydrogen) atoms. The zero-order valence-corrected chi connectivity index (χ0v) is 17.9. The van der Waals surface area contributed by atoms with Crippen LogP contribution in [0.4, 0.5) is 11.4 Å². The zero-order chi connectivity index (χ0) is 22.3. The van der Waals surface area contributed by atoms with Crippen molar-refractivity contribution in [3.63, 3.8) is 0 Å². The Morgan fingerprint density at radius 3 is 2.13 bits per heavy atom. The summed E-state index contributed by atoms with van der Waals surface area (Å²) in [6.45, 7) is 1.24. The molecule has 0 saturated carbocycles. The average Bonchev–Trinajstić information content (AvgIpc) is 2.74. The van der Waals surface area contributed by atoms with Crippen LogP contribution < -0.4 is 24.3 Å². The van der Waals surface area contributed by atoms with Crippen LogP contribution in [0.5, 0.6) is 23.0 Å². The minimum atomic E-state index is -1.40. The number of amides is 1. The highest BCUT2D eigenvalue weighted by Crippen LogP contribution is 2.37. The van der Waals surface area contributed by atoms with E-state index in [0.717, 1.165) is 0 Å². The number of carbonyl (C=O) groups is 2. The van der Waals surface area contributed by atoms with Crippen LogP contribution in [0, 0.1) is 0 Å². The van der Waals surface area contributed by atoms with E-state index in [0.29, 0.717) is 28.7 Å². The molecule has 0 saturated heterocycles. The maximum Gasteiger partial charge on any atom is 0.258 e. The molecule has 2 aromatic carbocycles. The number of nitrogens with one attached hydrogen (secondary N) is 1. The molecule has 9 nitrogen and oxygen atoms in total. The van der Waals surface area contributed by atoms with Gasteiger partial charge in [0.15, 0.2) is 5.78 Å². The standard InChI is InChI=1S/C20H22ClN3O6/c1-11(25)19(24-23-14-7-6-12(27-2)9-16(14)29-4)20(26)22-15-8-13(28-3)10-17(30-5)18(15)21/h6-10,19H,1-5H3,(H,22,26). The summed E-state index contributed by atoms with van der Waals surface area (Å²) in [7, 11) is 5.87. The van der Waals surface area contributed by atoms with E-state index in [1.165, 1.54) is 41.4 Å². The first-order valence-corrected chi connectivity index (χ1v) is 9.08. The van der Waals surface area contributed by atoms with E-state index in [-0.39, 0.29) is 10.7 Å². The van der Waals surface area contributed by atoms with E-state index in [9.17, 15) is 9.59 Å². The molecule has 0 radical (unpaired) electrons. The van der Waals surface area contributed by atoms with Crippen molar-refractivity contribution in [2.24, 2.45) is 10.2 Å². The van der Waals surface area contributed by atoms with E-state index in [1.807, 2.05) is 0 Å². The first kappa shape index (κ1) is 23.0. The first-order chi connectivity index (χ1) is 14.3. The Balaban J connectivity index is 2.30. The molecular weight excluding hydrogens is 414 g/mol. The van der Waals surface area contributed by atoms with Crippen LogP contribution in [-0.2, 0) is 9.59 Å². The quantitative estimate of drug-likeness (QED) is 0.470. The molecule has 0 aliphatic heterocycles. The van der Waals surface area contributed by atoms with E-state index in [1.54, 1.807) is 24.3 Å². The molecule has 2 aromatic rings. The Hall–Kier alpha value is -3.33. The van der Waals surface area contributed by atoms with Crippen LogP contribution in [0.1, 0.15) is 6.92 Å². The fraction of sp³-hybridized carbons (Fsp3) is 0.300. The van der Waals surface area contributed by atoms with Gasteiger partial charge in [0.2, 0.25) is 6.04 Å². The lowest BCUT2D eigenvalue weighted by molar-refractivity contribution is -0.126. The van der Waals surface area contributed by atoms with Gasteiger partial charge in [-0.15, -0.1) is 0 Å². The zero-order valence-electron chi connectivity index (χ0n) is 17.2. The fourth-order valence-electron chi connectivity index (χ4n) is 2.44. The van der Waals surface area contributed by atoms with Crippen LogP contribution in [-0.4, -0.2) is 46.2 Å². The number of methoxy groups -OCH3 is 4. The molecule has 2 rings (SSSR count). The second-order valence-corrected chi connectivity index (χ2v) is 6.32. The van der Waals surface area contributed by atoms with Crippen LogP contribution in [0.3, 0.4) is 0 Å². The van der Waals surface area contributed by atoms with E-state index < -0.39 is 17.7 Å². The van der Waals surface area contributed by atoms with Gasteiger partial charge in [-0.25, -0.2) is 0 Å². The number of azo groups is 1. The summed E-state index contributed by atoms with van der Waals surface area (Å²) in [6.07, 6.45) is 0. The van der Waals surface area contributed by atoms with Crippen LogP contribution >= 0.6 is 11.6 Å². The predicted octanol–water partition coefficient (Wildman–Crippen LogP) is 4.05. The summed E-state index contributed by atoms with van der Waals surface area (Å²) >= 11 is 6.24. The molecule has 1 atom stereocenters. The summed E-state index contributed by atoms with van der Waals surface area (Å²) in [6, 6.07) is 6.53. The second-order valence-electron chi connectivity index (χ2n) is 5.95. The molecule has 0 aromatic heterocycles. The van der Waals surface area contributed by atoms with Gasteiger partial charge in [-0.3, -0.25) is 9.59 Å². The number of carbonyl (C=O) groups excluding carboxylic acids is 2. The van der Waals surface area contributed by atoms with Crippen molar-refractivity contribution in [3.8, 4) is 23.0 Å². The summed E-state index contributed by atoms with van der Waals surface area (Å²) in [5.41, 5.74) is 0.541. The number of ether oxygens (including phenoxy) is 4. The van der Waals surface area contributed by atoms with E-state index in [4.69, 9.17) is 30.5 Å². The van der Waals surface area contributed by atoms with Gasteiger partial charge in [-0.05, 0) is 19.1 Å². The van der Waals surface area contributed by atoms with E-state index in [2.05, 4.69) is 15.5 Å². The number of hydrogen-bond donors (Lipinski definition) is 1. The molecule has 0 aliphatic rings. The van der Waals surface area contributed by atoms with Crippen LogP contribution in [0.15, 0.2) is 40.6 Å². The first-order valence-electron chi connectivity index (χ1n) is 8.70. The number of anilines is 1. The van der Waals surface area contributed by atoms with Gasteiger partial charge in [0.1, 0.15) is 33.7 Å². The summed E-state index contributed by atoms with van der Waals surface area (Å²) in [5.74, 6) is 0.436. The lowest BCUT2D eigenvalue weighted by Gasteiger charge is -2.14. The smallest absolute Gasteiger partial charge is 0.258 e. The monoisotopic (exact) mass is 435 g/mol. The van der Waals surface area contributed by atoms with Gasteiger partial charge < -0.3 is 24.3 Å². The Labute approximate surface area is 178 Å². The van der Waals surface area contributed by atoms with Crippen LogP contribution in [0.2, 0.25) is 5.02 Å². The molecule has 10 heteroatoms. The van der Waals surface area contributed by atoms with Crippen molar-refractivity contribution in [1.82, 2.24) is 0 Å². The summed E-state index contributed by atoms with van der Waals surface area (Å²) in [5, 5.41) is 10.6. The maximum atomic E-state index is 12.7. The molecule has 0 aliphatic carbocycles. The molecule has 0 spiro atoms. The van der Waals surface area contributed by atoms with Crippen molar-refractivity contribution in [2.45, 2.75) is 13.0 Å². The molecule has 1 amide bonds. The lowest BCUT2D eigenvalue weighted by atomic mass is 10.2. The van der Waals surface area contributed by atoms with Crippen molar-refractivity contribution in [3.05, 3.63) is 35.4 Å². The number of rotatable bonds is 9. The Morgan fingerprint density at radius 2 is 1.57 bits per heavy atom. The third-order valence-corrected chi connectivity index (χ3v) is 4.42. The van der Waals surface area contributed by atoms with Crippen molar-refractivity contribution < 1.29 is 28.5 Å². The van der Waals surface area contributed by atoms with Crippen molar-refractivity contribution >= 4 is 34.7 Å². The summed E-state index contributed by atoms with van der Waals surface area (Å²) < 4.78 is 20.7. The number of hydrogen-bond acceptors (Lipinski definition) is 8. The molecular formula is C20H22ClN3O6. The molecule has 1 unspecified atom stereocenters. The second kappa shape index (κ2) is 10.4. The number of nitrogens with zero attached hydrogens (tertiary/aromatic N) is 2. The topological polar surface area (TPSA) is 108 Å². The van der Waals surface area contributed by atoms with Gasteiger partial charge in [0, 0.05) is 18.2 Å². The third kappa shape index (κ3) is 5.38.